The van der Waals surface area contributed by atoms with Crippen molar-refractivity contribution in [2.24, 2.45) is 0 Å². The summed E-state index contributed by atoms with van der Waals surface area (Å²) in [6.45, 7) is 0. The van der Waals surface area contributed by atoms with Gasteiger partial charge in [-0.15, -0.1) is 0 Å². The molecule has 26 heavy (non-hydrogen) atoms. The fourth-order valence-corrected chi connectivity index (χ4v) is 3.79. The molecule has 0 N–H and O–H groups in total. The van der Waals surface area contributed by atoms with Crippen LogP contribution in [-0.4, -0.2) is 7.11 Å². The van der Waals surface area contributed by atoms with Crippen LogP contribution in [0.3, 0.4) is 0 Å². The smallest absolute Gasteiger partial charge is 0.207 e. The lowest BCUT2D eigenvalue weighted by atomic mass is 10.1. The molecule has 0 aliphatic heterocycles. The van der Waals surface area contributed by atoms with E-state index >= 15 is 0 Å². The van der Waals surface area contributed by atoms with Gasteiger partial charge in [0.2, 0.25) is 5.43 Å². The Balaban J connectivity index is 1.93. The first kappa shape index (κ1) is 16.5. The molecule has 0 amide bonds. The summed E-state index contributed by atoms with van der Waals surface area (Å²) >= 11 is 1.39. The van der Waals surface area contributed by atoms with Gasteiger partial charge in [0.1, 0.15) is 16.2 Å². The Labute approximate surface area is 155 Å². The summed E-state index contributed by atoms with van der Waals surface area (Å²) in [6.07, 6.45) is 0. The maximum atomic E-state index is 13.2. The molecule has 1 heterocycles. The molecular weight excluding hydrogens is 344 g/mol. The van der Waals surface area contributed by atoms with Gasteiger partial charge in [0.25, 0.3) is 0 Å². The maximum absolute atomic E-state index is 13.2. The van der Waals surface area contributed by atoms with Crippen molar-refractivity contribution in [1.82, 2.24) is 0 Å². The summed E-state index contributed by atoms with van der Waals surface area (Å²) in [5, 5.41) is 0.581. The predicted octanol–water partition coefficient (Wildman–Crippen LogP) is 5.62. The highest BCUT2D eigenvalue weighted by molar-refractivity contribution is 7.99. The number of rotatable bonds is 4. The van der Waals surface area contributed by atoms with Crippen LogP contribution in [0.4, 0.5) is 0 Å². The summed E-state index contributed by atoms with van der Waals surface area (Å²) < 4.78 is 11.4. The highest BCUT2D eigenvalue weighted by atomic mass is 32.2. The second-order valence-electron chi connectivity index (χ2n) is 5.73. The van der Waals surface area contributed by atoms with Crippen LogP contribution >= 0.6 is 11.8 Å². The van der Waals surface area contributed by atoms with Gasteiger partial charge in [-0.3, -0.25) is 4.79 Å². The molecule has 3 aromatic carbocycles. The molecule has 0 aliphatic rings. The van der Waals surface area contributed by atoms with E-state index in [-0.39, 0.29) is 5.43 Å². The summed E-state index contributed by atoms with van der Waals surface area (Å²) in [7, 11) is 1.63. The van der Waals surface area contributed by atoms with Gasteiger partial charge in [-0.1, -0.05) is 60.3 Å². The van der Waals surface area contributed by atoms with Crippen LogP contribution in [-0.2, 0) is 0 Å². The Morgan fingerprint density at radius 1 is 0.885 bits per heavy atom. The van der Waals surface area contributed by atoms with Crippen molar-refractivity contribution in [3.8, 4) is 17.1 Å². The lowest BCUT2D eigenvalue weighted by Gasteiger charge is -2.10. The fraction of sp³-hybridized carbons (Fsp3) is 0.0455. The number of hydrogen-bond acceptors (Lipinski definition) is 4. The zero-order valence-electron chi connectivity index (χ0n) is 14.1. The van der Waals surface area contributed by atoms with Gasteiger partial charge in [0.05, 0.1) is 12.5 Å². The van der Waals surface area contributed by atoms with Crippen molar-refractivity contribution in [3.63, 3.8) is 0 Å². The van der Waals surface area contributed by atoms with Crippen LogP contribution < -0.4 is 10.2 Å². The van der Waals surface area contributed by atoms with Crippen molar-refractivity contribution in [2.45, 2.75) is 9.79 Å². The van der Waals surface area contributed by atoms with Gasteiger partial charge in [-0.2, -0.15) is 0 Å². The minimum atomic E-state index is -0.0291. The molecule has 0 bridgehead atoms. The number of fused-ring (bicyclic) bond motifs is 1. The third-order valence-electron chi connectivity index (χ3n) is 4.05. The first-order chi connectivity index (χ1) is 12.8. The van der Waals surface area contributed by atoms with E-state index in [0.29, 0.717) is 21.6 Å². The quantitative estimate of drug-likeness (QED) is 0.473. The fourth-order valence-electron chi connectivity index (χ4n) is 2.78. The lowest BCUT2D eigenvalue weighted by molar-refractivity contribution is 0.413. The molecule has 4 rings (SSSR count). The Morgan fingerprint density at radius 2 is 1.65 bits per heavy atom. The van der Waals surface area contributed by atoms with Gasteiger partial charge in [-0.05, 0) is 30.3 Å². The molecule has 0 aliphatic carbocycles. The zero-order chi connectivity index (χ0) is 17.9. The number of ether oxygens (including phenoxy) is 1. The molecular formula is C22H16O3S. The number of para-hydroxylation sites is 1. The average Bonchev–Trinajstić information content (AvgIpc) is 2.71. The molecule has 0 fully saturated rings. The van der Waals surface area contributed by atoms with Crippen molar-refractivity contribution < 1.29 is 9.15 Å². The number of hydrogen-bond donors (Lipinski definition) is 0. The maximum Gasteiger partial charge on any atom is 0.207 e. The molecule has 3 nitrogen and oxygen atoms in total. The molecule has 0 atom stereocenters. The van der Waals surface area contributed by atoms with Gasteiger partial charge in [0.15, 0.2) is 5.76 Å². The second kappa shape index (κ2) is 7.10. The van der Waals surface area contributed by atoms with E-state index in [9.17, 15) is 4.79 Å². The summed E-state index contributed by atoms with van der Waals surface area (Å²) in [5.41, 5.74) is 1.44. The molecule has 0 saturated carbocycles. The average molecular weight is 360 g/mol. The third kappa shape index (κ3) is 3.11. The van der Waals surface area contributed by atoms with E-state index < -0.39 is 0 Å². The first-order valence-electron chi connectivity index (χ1n) is 8.19. The second-order valence-corrected chi connectivity index (χ2v) is 6.82. The molecule has 0 unspecified atom stereocenters. The van der Waals surface area contributed by atoms with E-state index in [1.807, 2.05) is 72.8 Å². The molecule has 0 radical (unpaired) electrons. The lowest BCUT2D eigenvalue weighted by Crippen LogP contribution is -2.06. The first-order valence-corrected chi connectivity index (χ1v) is 9.01. The van der Waals surface area contributed by atoms with Crippen molar-refractivity contribution in [2.75, 3.05) is 7.11 Å². The van der Waals surface area contributed by atoms with E-state index in [1.165, 1.54) is 11.8 Å². The SMILES string of the molecule is COc1cccc(Sc2c(-c3ccccc3)oc3ccccc3c2=O)c1. The summed E-state index contributed by atoms with van der Waals surface area (Å²) in [6, 6.07) is 24.7. The Kier molecular flexibility index (Phi) is 4.50. The highest BCUT2D eigenvalue weighted by Gasteiger charge is 2.17. The van der Waals surface area contributed by atoms with Gasteiger partial charge < -0.3 is 9.15 Å². The monoisotopic (exact) mass is 360 g/mol. The Hall–Kier alpha value is -2.98. The van der Waals surface area contributed by atoms with Crippen LogP contribution in [0, 0.1) is 0 Å². The third-order valence-corrected chi connectivity index (χ3v) is 5.12. The van der Waals surface area contributed by atoms with Crippen LogP contribution in [0.25, 0.3) is 22.3 Å². The normalized spacial score (nSPS) is 10.8. The van der Waals surface area contributed by atoms with E-state index in [2.05, 4.69) is 0 Å². The minimum absolute atomic E-state index is 0.0291. The highest BCUT2D eigenvalue weighted by Crippen LogP contribution is 2.36. The summed E-state index contributed by atoms with van der Waals surface area (Å²) in [4.78, 5) is 14.7. The Bertz CT molecular complexity index is 1120. The molecule has 0 saturated heterocycles. The largest absolute Gasteiger partial charge is 0.497 e. The molecule has 1 aromatic heterocycles. The predicted molar refractivity (Wildman–Crippen MR) is 105 cm³/mol. The topological polar surface area (TPSA) is 39.4 Å². The van der Waals surface area contributed by atoms with Gasteiger partial charge in [0, 0.05) is 10.5 Å². The van der Waals surface area contributed by atoms with E-state index in [1.54, 1.807) is 13.2 Å². The van der Waals surface area contributed by atoms with Gasteiger partial charge in [-0.25, -0.2) is 0 Å². The van der Waals surface area contributed by atoms with Crippen molar-refractivity contribution >= 4 is 22.7 Å². The van der Waals surface area contributed by atoms with E-state index in [4.69, 9.17) is 9.15 Å². The molecule has 0 spiro atoms. The van der Waals surface area contributed by atoms with Crippen molar-refractivity contribution in [3.05, 3.63) is 89.1 Å². The van der Waals surface area contributed by atoms with Crippen LogP contribution in [0.5, 0.6) is 5.75 Å². The minimum Gasteiger partial charge on any atom is -0.497 e. The Morgan fingerprint density at radius 3 is 2.46 bits per heavy atom. The standard InChI is InChI=1S/C22H16O3S/c1-24-16-10-7-11-17(14-16)26-22-20(23)18-12-5-6-13-19(18)25-21(22)15-8-3-2-4-9-15/h2-14H,1H3. The van der Waals surface area contributed by atoms with Crippen molar-refractivity contribution in [1.29, 1.82) is 0 Å². The van der Waals surface area contributed by atoms with Gasteiger partial charge >= 0.3 is 0 Å². The molecule has 128 valence electrons. The van der Waals surface area contributed by atoms with E-state index in [0.717, 1.165) is 16.2 Å². The van der Waals surface area contributed by atoms with Crippen LogP contribution in [0.15, 0.2) is 97.9 Å². The number of methoxy groups -OCH3 is 1. The molecule has 4 aromatic rings. The summed E-state index contributed by atoms with van der Waals surface area (Å²) in [5.74, 6) is 1.34. The van der Waals surface area contributed by atoms with Crippen LogP contribution in [0.1, 0.15) is 0 Å². The zero-order valence-corrected chi connectivity index (χ0v) is 15.0. The number of benzene rings is 3. The molecule has 4 heteroatoms. The van der Waals surface area contributed by atoms with Crippen LogP contribution in [0.2, 0.25) is 0 Å².